The van der Waals surface area contributed by atoms with Crippen LogP contribution in [-0.4, -0.2) is 40.1 Å². The number of amides is 2. The molecule has 3 unspecified atom stereocenters. The Labute approximate surface area is 268 Å². The van der Waals surface area contributed by atoms with Gasteiger partial charge in [-0.2, -0.15) is 0 Å². The summed E-state index contributed by atoms with van der Waals surface area (Å²) in [5.74, 6) is -2.60. The number of Topliss-reactive ketones (excluding diaryl/α,β-unsaturated/α-hetero) is 1. The first kappa shape index (κ1) is 30.8. The van der Waals surface area contributed by atoms with Gasteiger partial charge in [-0.15, -0.1) is 0 Å². The fourth-order valence-corrected chi connectivity index (χ4v) is 6.33. The highest BCUT2D eigenvalue weighted by molar-refractivity contribution is 6.32. The number of rotatable bonds is 7. The molecular formula is C35H28ClN3O7. The highest BCUT2D eigenvalue weighted by Crippen LogP contribution is 2.41. The monoisotopic (exact) mass is 637 g/mol. The van der Waals surface area contributed by atoms with E-state index in [4.69, 9.17) is 21.3 Å². The SMILES string of the molecule is Cc1ccc(C(=O)COC(=O)c2cc(-c3ccc(N4C(=O)C5CC=CC(C)C5C4=O)cc3)nc3c(C)c(Cl)ccc23)cc1[N+](=O)[O-]. The van der Waals surface area contributed by atoms with E-state index in [1.54, 1.807) is 56.3 Å². The second-order valence-electron chi connectivity index (χ2n) is 11.6. The minimum atomic E-state index is -0.791. The summed E-state index contributed by atoms with van der Waals surface area (Å²) in [4.78, 5) is 69.4. The summed E-state index contributed by atoms with van der Waals surface area (Å²) in [5.41, 5.74) is 2.94. The summed E-state index contributed by atoms with van der Waals surface area (Å²) in [6.07, 6.45) is 4.47. The van der Waals surface area contributed by atoms with Gasteiger partial charge in [0, 0.05) is 33.2 Å². The van der Waals surface area contributed by atoms with Gasteiger partial charge in [-0.1, -0.05) is 61.0 Å². The van der Waals surface area contributed by atoms with Gasteiger partial charge in [0.25, 0.3) is 5.69 Å². The lowest BCUT2D eigenvalue weighted by molar-refractivity contribution is -0.385. The number of carbonyl (C=O) groups is 4. The van der Waals surface area contributed by atoms with Crippen LogP contribution in [0.3, 0.4) is 0 Å². The summed E-state index contributed by atoms with van der Waals surface area (Å²) in [5, 5.41) is 12.2. The lowest BCUT2D eigenvalue weighted by Crippen LogP contribution is -2.31. The predicted molar refractivity (Wildman–Crippen MR) is 172 cm³/mol. The highest BCUT2D eigenvalue weighted by atomic mass is 35.5. The van der Waals surface area contributed by atoms with Gasteiger partial charge in [0.15, 0.2) is 6.61 Å². The van der Waals surface area contributed by atoms with E-state index >= 15 is 0 Å². The summed E-state index contributed by atoms with van der Waals surface area (Å²) in [6, 6.07) is 15.7. The number of allylic oxidation sites excluding steroid dienone is 2. The van der Waals surface area contributed by atoms with Crippen molar-refractivity contribution in [1.82, 2.24) is 4.98 Å². The van der Waals surface area contributed by atoms with Crippen LogP contribution in [0.5, 0.6) is 0 Å². The molecule has 0 N–H and O–H groups in total. The molecule has 1 fully saturated rings. The van der Waals surface area contributed by atoms with Gasteiger partial charge in [0.05, 0.1) is 39.2 Å². The van der Waals surface area contributed by atoms with E-state index in [0.717, 1.165) is 6.07 Å². The zero-order chi connectivity index (χ0) is 32.9. The molecule has 10 nitrogen and oxygen atoms in total. The third-order valence-corrected chi connectivity index (χ3v) is 9.15. The first-order valence-electron chi connectivity index (χ1n) is 14.7. The Morgan fingerprint density at radius 1 is 1.04 bits per heavy atom. The molecule has 3 aromatic carbocycles. The van der Waals surface area contributed by atoms with Gasteiger partial charge in [0.2, 0.25) is 17.6 Å². The van der Waals surface area contributed by atoms with E-state index in [9.17, 15) is 29.3 Å². The highest BCUT2D eigenvalue weighted by Gasteiger charge is 2.50. The molecule has 46 heavy (non-hydrogen) atoms. The number of nitrogens with zero attached hydrogens (tertiary/aromatic N) is 3. The maximum atomic E-state index is 13.4. The van der Waals surface area contributed by atoms with E-state index in [1.165, 1.54) is 17.0 Å². The fourth-order valence-electron chi connectivity index (χ4n) is 6.18. The number of imide groups is 1. The van der Waals surface area contributed by atoms with Crippen LogP contribution in [0.2, 0.25) is 5.02 Å². The zero-order valence-corrected chi connectivity index (χ0v) is 25.9. The van der Waals surface area contributed by atoms with E-state index in [-0.39, 0.29) is 46.4 Å². The number of hydrogen-bond acceptors (Lipinski definition) is 8. The Hall–Kier alpha value is -5.22. The van der Waals surface area contributed by atoms with Crippen LogP contribution >= 0.6 is 11.6 Å². The second kappa shape index (κ2) is 11.9. The lowest BCUT2D eigenvalue weighted by atomic mass is 9.78. The van der Waals surface area contributed by atoms with Crippen LogP contribution in [0, 0.1) is 41.7 Å². The number of hydrogen-bond donors (Lipinski definition) is 0. The molecule has 1 aliphatic carbocycles. The molecule has 1 saturated heterocycles. The summed E-state index contributed by atoms with van der Waals surface area (Å²) >= 11 is 6.39. The number of esters is 1. The summed E-state index contributed by atoms with van der Waals surface area (Å²) < 4.78 is 5.40. The van der Waals surface area contributed by atoms with Gasteiger partial charge >= 0.3 is 5.97 Å². The van der Waals surface area contributed by atoms with E-state index in [2.05, 4.69) is 0 Å². The van der Waals surface area contributed by atoms with Crippen molar-refractivity contribution in [1.29, 1.82) is 0 Å². The van der Waals surface area contributed by atoms with Crippen LogP contribution in [-0.2, 0) is 14.3 Å². The summed E-state index contributed by atoms with van der Waals surface area (Å²) in [6.45, 7) is 4.65. The molecule has 1 aromatic heterocycles. The number of ether oxygens (including phenoxy) is 1. The third kappa shape index (κ3) is 5.34. The molecule has 6 rings (SSSR count). The van der Waals surface area contributed by atoms with Crippen molar-refractivity contribution in [3.05, 3.63) is 110 Å². The molecule has 0 spiro atoms. The van der Waals surface area contributed by atoms with Crippen LogP contribution in [0.25, 0.3) is 22.2 Å². The number of carbonyl (C=O) groups excluding carboxylic acids is 4. The Morgan fingerprint density at radius 2 is 1.78 bits per heavy atom. The van der Waals surface area contributed by atoms with Crippen molar-refractivity contribution in [2.45, 2.75) is 27.2 Å². The number of nitro groups is 1. The van der Waals surface area contributed by atoms with Crippen molar-refractivity contribution >= 4 is 57.4 Å². The Morgan fingerprint density at radius 3 is 2.48 bits per heavy atom. The third-order valence-electron chi connectivity index (χ3n) is 8.74. The van der Waals surface area contributed by atoms with Crippen LogP contribution in [0.4, 0.5) is 11.4 Å². The number of anilines is 1. The van der Waals surface area contributed by atoms with Gasteiger partial charge < -0.3 is 4.74 Å². The molecule has 232 valence electrons. The van der Waals surface area contributed by atoms with Gasteiger partial charge in [-0.25, -0.2) is 9.78 Å². The molecule has 1 aliphatic heterocycles. The maximum absolute atomic E-state index is 13.4. The number of halogens is 1. The molecular weight excluding hydrogens is 610 g/mol. The van der Waals surface area contributed by atoms with Gasteiger partial charge in [0.1, 0.15) is 0 Å². The molecule has 3 atom stereocenters. The van der Waals surface area contributed by atoms with Crippen molar-refractivity contribution in [3.63, 3.8) is 0 Å². The summed E-state index contributed by atoms with van der Waals surface area (Å²) in [7, 11) is 0. The standard InChI is InChI=1S/C35H28ClN3O7/c1-18-7-8-22(15-29(18)39(44)45)30(40)17-46-35(43)26-16-28(37-32-20(3)27(36)14-13-24(26)32)21-9-11-23(12-10-21)38-33(41)25-6-4-5-19(2)31(25)34(38)42/h4-5,7-16,19,25,31H,6,17H2,1-3H3. The van der Waals surface area contributed by atoms with Gasteiger partial charge in [-0.3, -0.25) is 29.4 Å². The van der Waals surface area contributed by atoms with E-state index in [0.29, 0.717) is 50.4 Å². The zero-order valence-electron chi connectivity index (χ0n) is 25.2. The number of ketones is 1. The Kier molecular flexibility index (Phi) is 7.99. The normalized spacial score (nSPS) is 19.0. The second-order valence-corrected chi connectivity index (χ2v) is 12.0. The van der Waals surface area contributed by atoms with Crippen molar-refractivity contribution in [2.24, 2.45) is 17.8 Å². The van der Waals surface area contributed by atoms with Crippen LogP contribution in [0.15, 0.2) is 72.8 Å². The van der Waals surface area contributed by atoms with Crippen LogP contribution < -0.4 is 4.90 Å². The first-order chi connectivity index (χ1) is 22.0. The van der Waals surface area contributed by atoms with Crippen molar-refractivity contribution < 1.29 is 28.8 Å². The van der Waals surface area contributed by atoms with Crippen LogP contribution in [0.1, 0.15) is 45.2 Å². The van der Waals surface area contributed by atoms with Crippen molar-refractivity contribution in [2.75, 3.05) is 11.5 Å². The maximum Gasteiger partial charge on any atom is 0.339 e. The smallest absolute Gasteiger partial charge is 0.339 e. The largest absolute Gasteiger partial charge is 0.454 e. The minimum Gasteiger partial charge on any atom is -0.454 e. The fraction of sp³-hybridized carbons (Fsp3) is 0.229. The minimum absolute atomic E-state index is 0.0276. The molecule has 2 aliphatic rings. The van der Waals surface area contributed by atoms with Gasteiger partial charge in [-0.05, 0) is 56.0 Å². The molecule has 0 bridgehead atoms. The van der Waals surface area contributed by atoms with Crippen molar-refractivity contribution in [3.8, 4) is 11.3 Å². The Bertz CT molecular complexity index is 2000. The quantitative estimate of drug-likeness (QED) is 0.0537. The number of benzene rings is 3. The Balaban J connectivity index is 1.30. The number of nitro benzene ring substituents is 1. The molecule has 4 aromatic rings. The lowest BCUT2D eigenvalue weighted by Gasteiger charge is -2.22. The molecule has 11 heteroatoms. The number of pyridine rings is 1. The molecule has 2 amide bonds. The first-order valence-corrected chi connectivity index (χ1v) is 15.0. The molecule has 0 saturated carbocycles. The number of fused-ring (bicyclic) bond motifs is 2. The number of aromatic nitrogens is 1. The van der Waals surface area contributed by atoms with E-state index in [1.807, 2.05) is 19.1 Å². The average Bonchev–Trinajstić information content (AvgIpc) is 3.31. The topological polar surface area (TPSA) is 137 Å². The molecule has 2 heterocycles. The predicted octanol–water partition coefficient (Wildman–Crippen LogP) is 6.82. The van der Waals surface area contributed by atoms with E-state index < -0.39 is 23.3 Å². The molecule has 0 radical (unpaired) electrons. The number of aryl methyl sites for hydroxylation is 2. The average molecular weight is 638 g/mol.